The predicted molar refractivity (Wildman–Crippen MR) is 97.8 cm³/mol. The summed E-state index contributed by atoms with van der Waals surface area (Å²) in [4.78, 5) is 17.3. The van der Waals surface area contributed by atoms with Crippen molar-refractivity contribution in [1.82, 2.24) is 9.97 Å². The predicted octanol–water partition coefficient (Wildman–Crippen LogP) is 2.94. The monoisotopic (exact) mass is 345 g/mol. The van der Waals surface area contributed by atoms with E-state index in [9.17, 15) is 0 Å². The molecule has 3 rings (SSSR count). The van der Waals surface area contributed by atoms with Crippen molar-refractivity contribution in [2.24, 2.45) is 4.99 Å². The highest BCUT2D eigenvalue weighted by molar-refractivity contribution is 6.30. The minimum atomic E-state index is 0.437. The van der Waals surface area contributed by atoms with Gasteiger partial charge in [-0.05, 0) is 18.9 Å². The van der Waals surface area contributed by atoms with Crippen molar-refractivity contribution in [3.8, 4) is 0 Å². The van der Waals surface area contributed by atoms with E-state index < -0.39 is 0 Å². The van der Waals surface area contributed by atoms with Crippen molar-refractivity contribution in [2.75, 3.05) is 43.2 Å². The van der Waals surface area contributed by atoms with E-state index >= 15 is 0 Å². The average molecular weight is 346 g/mol. The Hall–Kier alpha value is -2.18. The summed E-state index contributed by atoms with van der Waals surface area (Å²) in [5.41, 5.74) is 2.63. The zero-order valence-electron chi connectivity index (χ0n) is 13.7. The van der Waals surface area contributed by atoms with Crippen molar-refractivity contribution >= 4 is 35.5 Å². The smallest absolute Gasteiger partial charge is 0.158 e. The summed E-state index contributed by atoms with van der Waals surface area (Å²) in [6.07, 6.45) is 1.78. The molecule has 0 N–H and O–H groups in total. The molecule has 0 saturated carbocycles. The summed E-state index contributed by atoms with van der Waals surface area (Å²) in [7, 11) is 1.95. The van der Waals surface area contributed by atoms with Gasteiger partial charge >= 0.3 is 0 Å². The number of ether oxygens (including phenoxy) is 1. The maximum Gasteiger partial charge on any atom is 0.158 e. The molecule has 0 aliphatic carbocycles. The third-order valence-electron chi connectivity index (χ3n) is 3.92. The molecular weight excluding hydrogens is 326 g/mol. The summed E-state index contributed by atoms with van der Waals surface area (Å²) in [6, 6.07) is 7.68. The summed E-state index contributed by atoms with van der Waals surface area (Å²) >= 11 is 6.27. The molecule has 24 heavy (non-hydrogen) atoms. The molecule has 0 aromatic carbocycles. The topological polar surface area (TPSA) is 53.9 Å². The van der Waals surface area contributed by atoms with E-state index in [1.54, 1.807) is 6.20 Å². The third-order valence-corrected chi connectivity index (χ3v) is 4.11. The normalized spacial score (nSPS) is 14.5. The molecule has 2 aromatic rings. The minimum Gasteiger partial charge on any atom is -0.378 e. The number of anilines is 2. The van der Waals surface area contributed by atoms with Gasteiger partial charge in [-0.25, -0.2) is 4.98 Å². The Morgan fingerprint density at radius 2 is 2.17 bits per heavy atom. The van der Waals surface area contributed by atoms with Crippen LogP contribution in [0.3, 0.4) is 0 Å². The van der Waals surface area contributed by atoms with Crippen LogP contribution in [0.4, 0.5) is 17.2 Å². The van der Waals surface area contributed by atoms with E-state index in [1.807, 2.05) is 36.2 Å². The highest BCUT2D eigenvalue weighted by Gasteiger charge is 2.21. The molecule has 0 atom stereocenters. The molecule has 126 valence electrons. The Labute approximate surface area is 146 Å². The quantitative estimate of drug-likeness (QED) is 0.616. The molecule has 3 heterocycles. The fraction of sp³-hybridized carbons (Fsp3) is 0.353. The largest absolute Gasteiger partial charge is 0.378 e. The molecule has 0 amide bonds. The number of aromatic nitrogens is 2. The number of nitrogens with zero attached hydrogens (tertiary/aromatic N) is 5. The van der Waals surface area contributed by atoms with Gasteiger partial charge in [0.2, 0.25) is 0 Å². The van der Waals surface area contributed by atoms with Gasteiger partial charge in [0.1, 0.15) is 10.8 Å². The van der Waals surface area contributed by atoms with Crippen molar-refractivity contribution in [3.63, 3.8) is 0 Å². The second kappa shape index (κ2) is 7.59. The fourth-order valence-electron chi connectivity index (χ4n) is 2.75. The van der Waals surface area contributed by atoms with Crippen LogP contribution in [0, 0.1) is 0 Å². The zero-order chi connectivity index (χ0) is 16.9. The molecule has 0 spiro atoms. The number of rotatable bonds is 5. The van der Waals surface area contributed by atoms with Gasteiger partial charge in [0.25, 0.3) is 0 Å². The number of hydrogen-bond donors (Lipinski definition) is 0. The van der Waals surface area contributed by atoms with E-state index in [2.05, 4.69) is 26.6 Å². The number of morpholine rings is 1. The van der Waals surface area contributed by atoms with Gasteiger partial charge in [-0.2, -0.15) is 0 Å². The van der Waals surface area contributed by atoms with Crippen LogP contribution >= 0.6 is 11.6 Å². The maximum absolute atomic E-state index is 6.27. The molecule has 1 fully saturated rings. The van der Waals surface area contributed by atoms with E-state index in [4.69, 9.17) is 16.3 Å². The van der Waals surface area contributed by atoms with Crippen molar-refractivity contribution in [2.45, 2.75) is 6.54 Å². The first-order chi connectivity index (χ1) is 11.7. The van der Waals surface area contributed by atoms with Crippen LogP contribution < -0.4 is 9.80 Å². The molecule has 1 saturated heterocycles. The Morgan fingerprint density at radius 1 is 1.38 bits per heavy atom. The van der Waals surface area contributed by atoms with Crippen LogP contribution in [0.15, 0.2) is 35.5 Å². The second-order valence-corrected chi connectivity index (χ2v) is 5.96. The highest BCUT2D eigenvalue weighted by Crippen LogP contribution is 2.38. The van der Waals surface area contributed by atoms with Crippen LogP contribution in [-0.4, -0.2) is 50.0 Å². The van der Waals surface area contributed by atoms with Gasteiger partial charge in [0.05, 0.1) is 31.1 Å². The van der Waals surface area contributed by atoms with Gasteiger partial charge in [0, 0.05) is 32.4 Å². The van der Waals surface area contributed by atoms with Crippen LogP contribution in [-0.2, 0) is 11.3 Å². The molecule has 2 aromatic heterocycles. The lowest BCUT2D eigenvalue weighted by Gasteiger charge is -2.31. The molecule has 0 bridgehead atoms. The van der Waals surface area contributed by atoms with Gasteiger partial charge in [-0.3, -0.25) is 9.98 Å². The van der Waals surface area contributed by atoms with Crippen molar-refractivity contribution in [1.29, 1.82) is 0 Å². The molecule has 6 nitrogen and oxygen atoms in total. The third kappa shape index (κ3) is 3.66. The lowest BCUT2D eigenvalue weighted by molar-refractivity contribution is 0.123. The first-order valence-electron chi connectivity index (χ1n) is 7.80. The summed E-state index contributed by atoms with van der Waals surface area (Å²) in [5, 5.41) is 0.437. The Morgan fingerprint density at radius 3 is 2.83 bits per heavy atom. The SMILES string of the molecule is C=Nc1c(N2CCOCC2)cc(Cl)nc1N(C)Cc1ccccn1. The standard InChI is InChI=1S/C17H20ClN5O/c1-19-16-14(23-7-9-24-10-8-23)11-15(18)21-17(16)22(2)12-13-5-3-4-6-20-13/h3-6,11H,1,7-10,12H2,2H3. The number of halogens is 1. The Bertz CT molecular complexity index is 704. The molecule has 7 heteroatoms. The summed E-state index contributed by atoms with van der Waals surface area (Å²) in [5.74, 6) is 0.699. The lowest BCUT2D eigenvalue weighted by atomic mass is 10.2. The highest BCUT2D eigenvalue weighted by atomic mass is 35.5. The molecule has 1 aliphatic heterocycles. The lowest BCUT2D eigenvalue weighted by Crippen LogP contribution is -2.36. The number of aliphatic imine (C=N–C) groups is 1. The van der Waals surface area contributed by atoms with Crippen LogP contribution in [0.25, 0.3) is 0 Å². The summed E-state index contributed by atoms with van der Waals surface area (Å²) in [6.45, 7) is 7.32. The van der Waals surface area contributed by atoms with E-state index in [1.165, 1.54) is 0 Å². The van der Waals surface area contributed by atoms with Gasteiger partial charge in [0.15, 0.2) is 5.82 Å². The van der Waals surface area contributed by atoms with Gasteiger partial charge in [-0.1, -0.05) is 17.7 Å². The van der Waals surface area contributed by atoms with Crippen LogP contribution in [0.1, 0.15) is 5.69 Å². The van der Waals surface area contributed by atoms with Gasteiger partial charge < -0.3 is 14.5 Å². The molecule has 0 radical (unpaired) electrons. The van der Waals surface area contributed by atoms with Crippen LogP contribution in [0.2, 0.25) is 5.15 Å². The molecule has 1 aliphatic rings. The van der Waals surface area contributed by atoms with Crippen molar-refractivity contribution < 1.29 is 4.74 Å². The Kier molecular flexibility index (Phi) is 5.27. The molecule has 0 unspecified atom stereocenters. The number of pyridine rings is 2. The number of hydrogen-bond acceptors (Lipinski definition) is 6. The van der Waals surface area contributed by atoms with Crippen LogP contribution in [0.5, 0.6) is 0 Å². The first-order valence-corrected chi connectivity index (χ1v) is 8.18. The first kappa shape index (κ1) is 16.7. The van der Waals surface area contributed by atoms with Crippen molar-refractivity contribution in [3.05, 3.63) is 41.3 Å². The zero-order valence-corrected chi connectivity index (χ0v) is 14.4. The summed E-state index contributed by atoms with van der Waals surface area (Å²) < 4.78 is 5.43. The van der Waals surface area contributed by atoms with Gasteiger partial charge in [-0.15, -0.1) is 0 Å². The van der Waals surface area contributed by atoms with E-state index in [0.717, 1.165) is 30.2 Å². The second-order valence-electron chi connectivity index (χ2n) is 5.57. The fourth-order valence-corrected chi connectivity index (χ4v) is 2.94. The maximum atomic E-state index is 6.27. The minimum absolute atomic E-state index is 0.437. The van der Waals surface area contributed by atoms with E-state index in [-0.39, 0.29) is 0 Å². The van der Waals surface area contributed by atoms with E-state index in [0.29, 0.717) is 30.7 Å². The Balaban J connectivity index is 1.94. The molecular formula is C17H20ClN5O. The average Bonchev–Trinajstić information content (AvgIpc) is 2.62.